The maximum absolute atomic E-state index is 14.0. The van der Waals surface area contributed by atoms with Gasteiger partial charge in [-0.3, -0.25) is 0 Å². The standard InChI is InChI=1S/C16H16BrF2N/c1-9-3-4-11(10(2)7-9)15(20)8-12-14(18)6-5-13(17)16(12)19/h3-7,15H,8,20H2,1-2H3. The van der Waals surface area contributed by atoms with Gasteiger partial charge in [0.2, 0.25) is 0 Å². The molecular weight excluding hydrogens is 324 g/mol. The van der Waals surface area contributed by atoms with Crippen molar-refractivity contribution in [1.29, 1.82) is 0 Å². The molecule has 2 aromatic carbocycles. The van der Waals surface area contributed by atoms with Gasteiger partial charge in [0.25, 0.3) is 0 Å². The minimum Gasteiger partial charge on any atom is -0.324 e. The molecule has 106 valence electrons. The second kappa shape index (κ2) is 6.02. The van der Waals surface area contributed by atoms with Crippen LogP contribution >= 0.6 is 15.9 Å². The zero-order valence-corrected chi connectivity index (χ0v) is 13.0. The van der Waals surface area contributed by atoms with Crippen LogP contribution in [0.15, 0.2) is 34.8 Å². The maximum Gasteiger partial charge on any atom is 0.143 e. The molecular formula is C16H16BrF2N. The van der Waals surface area contributed by atoms with Crippen LogP contribution in [0, 0.1) is 25.5 Å². The molecule has 1 nitrogen and oxygen atoms in total. The Morgan fingerprint density at radius 2 is 1.85 bits per heavy atom. The first kappa shape index (κ1) is 15.1. The van der Waals surface area contributed by atoms with Gasteiger partial charge in [-0.2, -0.15) is 0 Å². The van der Waals surface area contributed by atoms with Crippen molar-refractivity contribution in [3.63, 3.8) is 0 Å². The molecule has 0 saturated carbocycles. The Balaban J connectivity index is 2.32. The fourth-order valence-corrected chi connectivity index (χ4v) is 2.70. The van der Waals surface area contributed by atoms with Crippen molar-refractivity contribution in [3.05, 3.63) is 68.7 Å². The Kier molecular flexibility index (Phi) is 4.55. The molecule has 2 aromatic rings. The molecule has 20 heavy (non-hydrogen) atoms. The van der Waals surface area contributed by atoms with Gasteiger partial charge in [-0.25, -0.2) is 8.78 Å². The summed E-state index contributed by atoms with van der Waals surface area (Å²) < 4.78 is 28.0. The summed E-state index contributed by atoms with van der Waals surface area (Å²) in [6.45, 7) is 3.95. The van der Waals surface area contributed by atoms with Crippen LogP contribution < -0.4 is 5.73 Å². The fraction of sp³-hybridized carbons (Fsp3) is 0.250. The number of benzene rings is 2. The average Bonchev–Trinajstić information content (AvgIpc) is 2.39. The van der Waals surface area contributed by atoms with Crippen molar-refractivity contribution in [1.82, 2.24) is 0 Å². The quantitative estimate of drug-likeness (QED) is 0.813. The van der Waals surface area contributed by atoms with Crippen molar-refractivity contribution in [2.45, 2.75) is 26.3 Å². The summed E-state index contributed by atoms with van der Waals surface area (Å²) in [5, 5.41) is 0. The number of aryl methyl sites for hydroxylation is 2. The van der Waals surface area contributed by atoms with Crippen molar-refractivity contribution in [3.8, 4) is 0 Å². The lowest BCUT2D eigenvalue weighted by atomic mass is 9.94. The zero-order valence-electron chi connectivity index (χ0n) is 11.4. The predicted octanol–water partition coefficient (Wildman–Crippen LogP) is 4.59. The molecule has 1 unspecified atom stereocenters. The van der Waals surface area contributed by atoms with Crippen LogP contribution in [0.5, 0.6) is 0 Å². The van der Waals surface area contributed by atoms with E-state index in [2.05, 4.69) is 15.9 Å². The predicted molar refractivity (Wildman–Crippen MR) is 80.6 cm³/mol. The molecule has 0 fully saturated rings. The molecule has 0 radical (unpaired) electrons. The van der Waals surface area contributed by atoms with E-state index in [1.54, 1.807) is 0 Å². The van der Waals surface area contributed by atoms with Gasteiger partial charge in [-0.15, -0.1) is 0 Å². The second-order valence-corrected chi connectivity index (χ2v) is 5.85. The molecule has 1 atom stereocenters. The highest BCUT2D eigenvalue weighted by molar-refractivity contribution is 9.10. The van der Waals surface area contributed by atoms with Crippen molar-refractivity contribution in [2.75, 3.05) is 0 Å². The molecule has 2 N–H and O–H groups in total. The number of hydrogen-bond donors (Lipinski definition) is 1. The summed E-state index contributed by atoms with van der Waals surface area (Å²) in [6.07, 6.45) is 0.126. The highest BCUT2D eigenvalue weighted by Gasteiger charge is 2.17. The number of nitrogens with two attached hydrogens (primary N) is 1. The molecule has 0 spiro atoms. The number of hydrogen-bond acceptors (Lipinski definition) is 1. The van der Waals surface area contributed by atoms with Gasteiger partial charge in [0.1, 0.15) is 11.6 Å². The van der Waals surface area contributed by atoms with E-state index in [1.165, 1.54) is 12.1 Å². The maximum atomic E-state index is 14.0. The summed E-state index contributed by atoms with van der Waals surface area (Å²) >= 11 is 3.07. The molecule has 0 heterocycles. The Morgan fingerprint density at radius 1 is 1.15 bits per heavy atom. The van der Waals surface area contributed by atoms with E-state index in [-0.39, 0.29) is 16.5 Å². The molecule has 0 aromatic heterocycles. The van der Waals surface area contributed by atoms with Crippen molar-refractivity contribution in [2.24, 2.45) is 5.73 Å². The molecule has 0 aliphatic heterocycles. The van der Waals surface area contributed by atoms with Crippen molar-refractivity contribution < 1.29 is 8.78 Å². The highest BCUT2D eigenvalue weighted by atomic mass is 79.9. The number of rotatable bonds is 3. The van der Waals surface area contributed by atoms with Gasteiger partial charge in [0, 0.05) is 11.6 Å². The van der Waals surface area contributed by atoms with Crippen LogP contribution in [0.3, 0.4) is 0 Å². The first-order chi connectivity index (χ1) is 9.40. The summed E-state index contributed by atoms with van der Waals surface area (Å²) in [5.74, 6) is -1.14. The molecule has 0 aliphatic rings. The van der Waals surface area contributed by atoms with Crippen LogP contribution in [0.2, 0.25) is 0 Å². The van der Waals surface area contributed by atoms with Crippen LogP contribution in [-0.2, 0) is 6.42 Å². The molecule has 2 rings (SSSR count). The van der Waals surface area contributed by atoms with Gasteiger partial charge in [0.15, 0.2) is 0 Å². The smallest absolute Gasteiger partial charge is 0.143 e. The van der Waals surface area contributed by atoms with Crippen LogP contribution in [0.4, 0.5) is 8.78 Å². The van der Waals surface area contributed by atoms with Crippen molar-refractivity contribution >= 4 is 15.9 Å². The van der Waals surface area contributed by atoms with Gasteiger partial charge >= 0.3 is 0 Å². The lowest BCUT2D eigenvalue weighted by molar-refractivity contribution is 0.535. The monoisotopic (exact) mass is 339 g/mol. The van der Waals surface area contributed by atoms with E-state index in [1.807, 2.05) is 32.0 Å². The summed E-state index contributed by atoms with van der Waals surface area (Å²) in [4.78, 5) is 0. The third-order valence-electron chi connectivity index (χ3n) is 3.39. The first-order valence-electron chi connectivity index (χ1n) is 6.35. The second-order valence-electron chi connectivity index (χ2n) is 4.99. The van der Waals surface area contributed by atoms with E-state index in [0.717, 1.165) is 16.7 Å². The lowest BCUT2D eigenvalue weighted by Gasteiger charge is -2.16. The van der Waals surface area contributed by atoms with E-state index < -0.39 is 17.7 Å². The van der Waals surface area contributed by atoms with E-state index in [0.29, 0.717) is 0 Å². The van der Waals surface area contributed by atoms with E-state index in [4.69, 9.17) is 5.73 Å². The van der Waals surface area contributed by atoms with Crippen LogP contribution in [0.25, 0.3) is 0 Å². The van der Waals surface area contributed by atoms with Crippen LogP contribution in [0.1, 0.15) is 28.3 Å². The van der Waals surface area contributed by atoms with Crippen LogP contribution in [-0.4, -0.2) is 0 Å². The van der Waals surface area contributed by atoms with Gasteiger partial charge in [-0.05, 0) is 59.5 Å². The van der Waals surface area contributed by atoms with Gasteiger partial charge in [-0.1, -0.05) is 23.8 Å². The topological polar surface area (TPSA) is 26.0 Å². The molecule has 0 amide bonds. The summed E-state index contributed by atoms with van der Waals surface area (Å²) in [6, 6.07) is 8.06. The molecule has 0 bridgehead atoms. The fourth-order valence-electron chi connectivity index (χ4n) is 2.33. The SMILES string of the molecule is Cc1ccc(C(N)Cc2c(F)ccc(Br)c2F)c(C)c1. The Labute approximate surface area is 125 Å². The third kappa shape index (κ3) is 3.07. The Morgan fingerprint density at radius 3 is 2.50 bits per heavy atom. The number of halogens is 3. The average molecular weight is 340 g/mol. The van der Waals surface area contributed by atoms with E-state index in [9.17, 15) is 8.78 Å². The first-order valence-corrected chi connectivity index (χ1v) is 7.14. The highest BCUT2D eigenvalue weighted by Crippen LogP contribution is 2.27. The Hall–Kier alpha value is -1.26. The minimum absolute atomic E-state index is 0.0202. The van der Waals surface area contributed by atoms with Gasteiger partial charge < -0.3 is 5.73 Å². The normalized spacial score (nSPS) is 12.5. The zero-order chi connectivity index (χ0) is 14.9. The van der Waals surface area contributed by atoms with E-state index >= 15 is 0 Å². The minimum atomic E-state index is -0.579. The largest absolute Gasteiger partial charge is 0.324 e. The molecule has 0 saturated heterocycles. The third-order valence-corrected chi connectivity index (χ3v) is 4.00. The van der Waals surface area contributed by atoms with Gasteiger partial charge in [0.05, 0.1) is 4.47 Å². The molecule has 4 heteroatoms. The molecule has 0 aliphatic carbocycles. The summed E-state index contributed by atoms with van der Waals surface area (Å²) in [7, 11) is 0. The lowest BCUT2D eigenvalue weighted by Crippen LogP contribution is -2.16. The summed E-state index contributed by atoms with van der Waals surface area (Å²) in [5.41, 5.74) is 9.22. The Bertz CT molecular complexity index is 641.